The highest BCUT2D eigenvalue weighted by molar-refractivity contribution is 7.18. The number of rotatable bonds is 4. The lowest BCUT2D eigenvalue weighted by atomic mass is 10.3. The zero-order chi connectivity index (χ0) is 16.4. The highest BCUT2D eigenvalue weighted by Gasteiger charge is 2.20. The number of nitrogens with one attached hydrogen (secondary N) is 1. The van der Waals surface area contributed by atoms with Crippen LogP contribution in [0.15, 0.2) is 34.9 Å². The summed E-state index contributed by atoms with van der Waals surface area (Å²) in [5.74, 6) is 0.636. The Morgan fingerprint density at radius 1 is 1.43 bits per heavy atom. The van der Waals surface area contributed by atoms with Gasteiger partial charge in [0.2, 0.25) is 0 Å². The van der Waals surface area contributed by atoms with Gasteiger partial charge >= 0.3 is 6.03 Å². The van der Waals surface area contributed by atoms with Crippen molar-refractivity contribution in [1.82, 2.24) is 20.4 Å². The summed E-state index contributed by atoms with van der Waals surface area (Å²) in [6.45, 7) is 4.13. The molecule has 23 heavy (non-hydrogen) atoms. The maximum atomic E-state index is 12.3. The molecule has 3 rings (SSSR count). The summed E-state index contributed by atoms with van der Waals surface area (Å²) in [7, 11) is 1.76. The van der Waals surface area contributed by atoms with Crippen molar-refractivity contribution in [2.75, 3.05) is 7.05 Å². The fourth-order valence-corrected chi connectivity index (χ4v) is 3.26. The van der Waals surface area contributed by atoms with Crippen LogP contribution in [0.4, 0.5) is 4.79 Å². The molecule has 0 saturated heterocycles. The van der Waals surface area contributed by atoms with Crippen LogP contribution < -0.4 is 5.32 Å². The van der Waals surface area contributed by atoms with Gasteiger partial charge in [0.05, 0.1) is 28.5 Å². The topological polar surface area (TPSA) is 71.3 Å². The first-order valence-electron chi connectivity index (χ1n) is 7.33. The molecule has 1 atom stereocenters. The minimum absolute atomic E-state index is 0.108. The van der Waals surface area contributed by atoms with E-state index in [0.29, 0.717) is 12.3 Å². The van der Waals surface area contributed by atoms with Crippen molar-refractivity contribution < 1.29 is 9.32 Å². The summed E-state index contributed by atoms with van der Waals surface area (Å²) in [5.41, 5.74) is 1.76. The Labute approximate surface area is 138 Å². The molecule has 0 aliphatic carbocycles. The Morgan fingerprint density at radius 3 is 2.91 bits per heavy atom. The van der Waals surface area contributed by atoms with E-state index >= 15 is 0 Å². The van der Waals surface area contributed by atoms with E-state index < -0.39 is 0 Å². The standard InChI is InChI=1S/C16H18N4O2S/c1-10-8-12(22-19-10)9-17-16(21)20(3)11(2)15-18-13-6-4-5-7-14(13)23-15/h4-8,11H,9H2,1-3H3,(H,17,21)/t11-/m0/s1. The molecule has 1 aromatic carbocycles. The number of thiazole rings is 1. The second kappa shape index (κ2) is 6.37. The molecule has 3 aromatic rings. The second-order valence-corrected chi connectivity index (χ2v) is 6.46. The van der Waals surface area contributed by atoms with Crippen molar-refractivity contribution in [2.24, 2.45) is 0 Å². The van der Waals surface area contributed by atoms with E-state index in [1.165, 1.54) is 0 Å². The molecule has 2 heterocycles. The van der Waals surface area contributed by atoms with E-state index in [1.807, 2.05) is 38.1 Å². The fourth-order valence-electron chi connectivity index (χ4n) is 2.20. The Hall–Kier alpha value is -2.41. The Bertz CT molecular complexity index is 793. The van der Waals surface area contributed by atoms with Crippen molar-refractivity contribution in [1.29, 1.82) is 0 Å². The molecule has 1 N–H and O–H groups in total. The largest absolute Gasteiger partial charge is 0.359 e. The maximum Gasteiger partial charge on any atom is 0.318 e. The highest BCUT2D eigenvalue weighted by Crippen LogP contribution is 2.28. The van der Waals surface area contributed by atoms with Gasteiger partial charge in [0.25, 0.3) is 0 Å². The van der Waals surface area contributed by atoms with Gasteiger partial charge in [-0.05, 0) is 26.0 Å². The first-order valence-corrected chi connectivity index (χ1v) is 8.14. The van der Waals surface area contributed by atoms with Gasteiger partial charge in [-0.25, -0.2) is 9.78 Å². The molecule has 2 aromatic heterocycles. The molecule has 120 valence electrons. The van der Waals surface area contributed by atoms with E-state index in [2.05, 4.69) is 15.5 Å². The van der Waals surface area contributed by atoms with Gasteiger partial charge in [0.1, 0.15) is 5.01 Å². The molecule has 0 fully saturated rings. The molecule has 0 aliphatic rings. The number of nitrogens with zero attached hydrogens (tertiary/aromatic N) is 3. The molecule has 0 unspecified atom stereocenters. The maximum absolute atomic E-state index is 12.3. The Kier molecular flexibility index (Phi) is 4.29. The number of amides is 2. The lowest BCUT2D eigenvalue weighted by Crippen LogP contribution is -2.38. The number of aryl methyl sites for hydroxylation is 1. The predicted molar refractivity (Wildman–Crippen MR) is 89.3 cm³/mol. The van der Waals surface area contributed by atoms with Crippen LogP contribution in [-0.2, 0) is 6.54 Å². The second-order valence-electron chi connectivity index (χ2n) is 5.40. The van der Waals surface area contributed by atoms with Gasteiger partial charge in [-0.2, -0.15) is 0 Å². The monoisotopic (exact) mass is 330 g/mol. The number of aromatic nitrogens is 2. The van der Waals surface area contributed by atoms with Crippen molar-refractivity contribution in [3.05, 3.63) is 46.8 Å². The number of benzene rings is 1. The van der Waals surface area contributed by atoms with Crippen LogP contribution >= 0.6 is 11.3 Å². The SMILES string of the molecule is Cc1cc(CNC(=O)N(C)[C@@H](C)c2nc3ccccc3s2)on1. The predicted octanol–water partition coefficient (Wildman–Crippen LogP) is 3.50. The van der Waals surface area contributed by atoms with Crippen molar-refractivity contribution >= 4 is 27.6 Å². The first-order chi connectivity index (χ1) is 11.0. The zero-order valence-electron chi connectivity index (χ0n) is 13.2. The molecule has 0 spiro atoms. The van der Waals surface area contributed by atoms with Crippen LogP contribution in [0, 0.1) is 6.92 Å². The number of para-hydroxylation sites is 1. The van der Waals surface area contributed by atoms with E-state index in [4.69, 9.17) is 4.52 Å². The normalized spacial score (nSPS) is 12.3. The smallest absolute Gasteiger partial charge is 0.318 e. The number of urea groups is 1. The fraction of sp³-hybridized carbons (Fsp3) is 0.312. The van der Waals surface area contributed by atoms with Crippen LogP contribution in [0.25, 0.3) is 10.2 Å². The van der Waals surface area contributed by atoms with Crippen LogP contribution in [0.3, 0.4) is 0 Å². The zero-order valence-corrected chi connectivity index (χ0v) is 14.1. The molecule has 0 bridgehead atoms. The minimum atomic E-state index is -0.175. The van der Waals surface area contributed by atoms with Crippen molar-refractivity contribution in [3.63, 3.8) is 0 Å². The molecule has 6 nitrogen and oxygen atoms in total. The van der Waals surface area contributed by atoms with Gasteiger partial charge in [0.15, 0.2) is 5.76 Å². The van der Waals surface area contributed by atoms with Gasteiger partial charge in [-0.15, -0.1) is 11.3 Å². The number of carbonyl (C=O) groups is 1. The number of carbonyl (C=O) groups excluding carboxylic acids is 1. The number of fused-ring (bicyclic) bond motifs is 1. The van der Waals surface area contributed by atoms with Crippen molar-refractivity contribution in [3.8, 4) is 0 Å². The highest BCUT2D eigenvalue weighted by atomic mass is 32.1. The summed E-state index contributed by atoms with van der Waals surface area (Å²) >= 11 is 1.61. The van der Waals surface area contributed by atoms with Crippen LogP contribution in [-0.4, -0.2) is 28.1 Å². The van der Waals surface area contributed by atoms with Crippen LogP contribution in [0.5, 0.6) is 0 Å². The third-order valence-electron chi connectivity index (χ3n) is 3.66. The van der Waals surface area contributed by atoms with E-state index in [0.717, 1.165) is 20.9 Å². The third kappa shape index (κ3) is 3.34. The Morgan fingerprint density at radius 2 is 2.22 bits per heavy atom. The summed E-state index contributed by atoms with van der Waals surface area (Å²) in [6, 6.07) is 9.49. The lowest BCUT2D eigenvalue weighted by Gasteiger charge is -2.23. The van der Waals surface area contributed by atoms with Gasteiger partial charge in [-0.1, -0.05) is 17.3 Å². The first kappa shape index (κ1) is 15.5. The van der Waals surface area contributed by atoms with E-state index in [1.54, 1.807) is 29.4 Å². The van der Waals surface area contributed by atoms with E-state index in [-0.39, 0.29) is 12.1 Å². The summed E-state index contributed by atoms with van der Waals surface area (Å²) in [5, 5.41) is 7.54. The molecule has 0 radical (unpaired) electrons. The summed E-state index contributed by atoms with van der Waals surface area (Å²) < 4.78 is 6.21. The molecule has 0 aliphatic heterocycles. The van der Waals surface area contributed by atoms with Crippen LogP contribution in [0.1, 0.15) is 29.4 Å². The summed E-state index contributed by atoms with van der Waals surface area (Å²) in [6.07, 6.45) is 0. The molecule has 7 heteroatoms. The number of hydrogen-bond acceptors (Lipinski definition) is 5. The lowest BCUT2D eigenvalue weighted by molar-refractivity contribution is 0.192. The molecule has 0 saturated carbocycles. The van der Waals surface area contributed by atoms with E-state index in [9.17, 15) is 4.79 Å². The van der Waals surface area contributed by atoms with Gasteiger partial charge in [0, 0.05) is 13.1 Å². The molecular formula is C16H18N4O2S. The molecular weight excluding hydrogens is 312 g/mol. The average Bonchev–Trinajstić information content (AvgIpc) is 3.16. The quantitative estimate of drug-likeness (QED) is 0.795. The van der Waals surface area contributed by atoms with Crippen molar-refractivity contribution in [2.45, 2.75) is 26.4 Å². The van der Waals surface area contributed by atoms with Gasteiger partial charge in [-0.3, -0.25) is 0 Å². The number of hydrogen-bond donors (Lipinski definition) is 1. The third-order valence-corrected chi connectivity index (χ3v) is 4.87. The Balaban J connectivity index is 1.65. The van der Waals surface area contributed by atoms with Gasteiger partial charge < -0.3 is 14.7 Å². The average molecular weight is 330 g/mol. The van der Waals surface area contributed by atoms with Crippen LogP contribution in [0.2, 0.25) is 0 Å². The summed E-state index contributed by atoms with van der Waals surface area (Å²) in [4.78, 5) is 18.5. The minimum Gasteiger partial charge on any atom is -0.359 e. The molecule has 2 amide bonds.